The Kier molecular flexibility index (Phi) is 12.0. The van der Waals surface area contributed by atoms with Gasteiger partial charge in [0.2, 0.25) is 0 Å². The second-order valence-electron chi connectivity index (χ2n) is 3.00. The fraction of sp³-hybridized carbons (Fsp3) is 0.400. The summed E-state index contributed by atoms with van der Waals surface area (Å²) in [4.78, 5) is 15.5. The van der Waals surface area contributed by atoms with Gasteiger partial charge in [-0.2, -0.15) is 0 Å². The van der Waals surface area contributed by atoms with E-state index in [0.717, 1.165) is 17.6 Å². The topological polar surface area (TPSA) is 54.0 Å². The van der Waals surface area contributed by atoms with Gasteiger partial charge in [-0.05, 0) is 28.5 Å². The number of hydrogen-bond acceptors (Lipinski definition) is 3. The van der Waals surface area contributed by atoms with Crippen LogP contribution >= 0.6 is 40.7 Å². The smallest absolute Gasteiger partial charge is 0.252 e. The number of carbonyl (C=O) groups is 1. The van der Waals surface area contributed by atoms with Crippen molar-refractivity contribution in [2.45, 2.75) is 6.92 Å². The highest BCUT2D eigenvalue weighted by atomic mass is 79.9. The third-order valence-electron chi connectivity index (χ3n) is 1.80. The molecule has 1 aromatic heterocycles. The lowest BCUT2D eigenvalue weighted by atomic mass is 10.3. The maximum absolute atomic E-state index is 11.6. The van der Waals surface area contributed by atoms with Crippen LogP contribution in [-0.2, 0) is 0 Å². The lowest BCUT2D eigenvalue weighted by Crippen LogP contribution is -2.31. The molecule has 0 radical (unpaired) electrons. The molecule has 0 aliphatic carbocycles. The van der Waals surface area contributed by atoms with E-state index < -0.39 is 0 Å². The van der Waals surface area contributed by atoms with Crippen molar-refractivity contribution in [3.05, 3.63) is 28.5 Å². The van der Waals surface area contributed by atoms with Gasteiger partial charge in [-0.25, -0.2) is 0 Å². The third kappa shape index (κ3) is 7.54. The number of carbonyl (C=O) groups excluding carboxylic acids is 1. The fourth-order valence-electron chi connectivity index (χ4n) is 1.08. The summed E-state index contributed by atoms with van der Waals surface area (Å²) in [5.41, 5.74) is 0.570. The Bertz CT molecular complexity index is 339. The minimum atomic E-state index is -0.0956. The van der Waals surface area contributed by atoms with Gasteiger partial charge >= 0.3 is 0 Å². The Balaban J connectivity index is 0. The van der Waals surface area contributed by atoms with E-state index in [0.29, 0.717) is 12.1 Å². The second kappa shape index (κ2) is 10.8. The standard InChI is InChI=1S/C10H14BrN3O.2ClH/c1-2-12-3-4-14-10(15)8-5-9(11)7-13-6-8;;/h5-7,12H,2-4H2,1H3,(H,14,15);2*1H. The Morgan fingerprint density at radius 2 is 2.06 bits per heavy atom. The summed E-state index contributed by atoms with van der Waals surface area (Å²) in [6, 6.07) is 1.75. The highest BCUT2D eigenvalue weighted by Gasteiger charge is 2.04. The molecule has 0 aromatic carbocycles. The quantitative estimate of drug-likeness (QED) is 0.803. The molecule has 0 bridgehead atoms. The van der Waals surface area contributed by atoms with Gasteiger partial charge in [-0.15, -0.1) is 24.8 Å². The van der Waals surface area contributed by atoms with Crippen LogP contribution in [-0.4, -0.2) is 30.5 Å². The van der Waals surface area contributed by atoms with E-state index in [1.165, 1.54) is 0 Å². The molecule has 2 N–H and O–H groups in total. The number of nitrogens with one attached hydrogen (secondary N) is 2. The average Bonchev–Trinajstić information content (AvgIpc) is 2.24. The van der Waals surface area contributed by atoms with E-state index in [-0.39, 0.29) is 30.7 Å². The number of rotatable bonds is 5. The first-order valence-corrected chi connectivity index (χ1v) is 5.62. The van der Waals surface area contributed by atoms with Crippen LogP contribution in [0.25, 0.3) is 0 Å². The fourth-order valence-corrected chi connectivity index (χ4v) is 1.44. The summed E-state index contributed by atoms with van der Waals surface area (Å²) in [6.45, 7) is 4.34. The van der Waals surface area contributed by atoms with Gasteiger partial charge in [0.05, 0.1) is 5.56 Å². The van der Waals surface area contributed by atoms with Crippen molar-refractivity contribution >= 4 is 46.7 Å². The molecule has 4 nitrogen and oxygen atoms in total. The van der Waals surface area contributed by atoms with Gasteiger partial charge in [0.1, 0.15) is 0 Å². The molecule has 1 rings (SSSR count). The summed E-state index contributed by atoms with van der Waals surface area (Å²) in [7, 11) is 0. The van der Waals surface area contributed by atoms with Gasteiger partial charge in [0.15, 0.2) is 0 Å². The van der Waals surface area contributed by atoms with E-state index in [2.05, 4.69) is 31.5 Å². The first-order chi connectivity index (χ1) is 7.24. The predicted octanol–water partition coefficient (Wildman–Crippen LogP) is 2.03. The molecule has 98 valence electrons. The van der Waals surface area contributed by atoms with Crippen molar-refractivity contribution in [2.75, 3.05) is 19.6 Å². The van der Waals surface area contributed by atoms with Crippen LogP contribution in [0.15, 0.2) is 22.9 Å². The molecular formula is C10H16BrCl2N3O. The number of likely N-dealkylation sites (N-methyl/N-ethyl adjacent to an activating group) is 1. The van der Waals surface area contributed by atoms with Gasteiger partial charge in [-0.3, -0.25) is 9.78 Å². The largest absolute Gasteiger partial charge is 0.351 e. The van der Waals surface area contributed by atoms with E-state index in [4.69, 9.17) is 0 Å². The SMILES string of the molecule is CCNCCNC(=O)c1cncc(Br)c1.Cl.Cl. The highest BCUT2D eigenvalue weighted by molar-refractivity contribution is 9.10. The first-order valence-electron chi connectivity index (χ1n) is 4.83. The summed E-state index contributed by atoms with van der Waals surface area (Å²) in [6.07, 6.45) is 3.20. The number of aromatic nitrogens is 1. The molecule has 1 heterocycles. The Morgan fingerprint density at radius 1 is 1.35 bits per heavy atom. The minimum absolute atomic E-state index is 0. The van der Waals surface area contributed by atoms with Gasteiger partial charge < -0.3 is 10.6 Å². The van der Waals surface area contributed by atoms with Crippen LogP contribution in [0.4, 0.5) is 0 Å². The number of pyridine rings is 1. The molecule has 0 fully saturated rings. The summed E-state index contributed by atoms with van der Waals surface area (Å²) < 4.78 is 0.807. The minimum Gasteiger partial charge on any atom is -0.351 e. The van der Waals surface area contributed by atoms with E-state index in [1.807, 2.05) is 6.92 Å². The number of halogens is 3. The number of hydrogen-bond donors (Lipinski definition) is 2. The molecule has 0 aliphatic heterocycles. The zero-order chi connectivity index (χ0) is 11.1. The van der Waals surface area contributed by atoms with Crippen molar-refractivity contribution in [1.82, 2.24) is 15.6 Å². The second-order valence-corrected chi connectivity index (χ2v) is 3.92. The Hall–Kier alpha value is -0.360. The molecular weight excluding hydrogens is 329 g/mol. The van der Waals surface area contributed by atoms with Gasteiger partial charge in [-0.1, -0.05) is 6.92 Å². The maximum atomic E-state index is 11.6. The molecule has 0 saturated carbocycles. The van der Waals surface area contributed by atoms with Crippen LogP contribution in [0.5, 0.6) is 0 Å². The lowest BCUT2D eigenvalue weighted by molar-refractivity contribution is 0.0953. The molecule has 0 saturated heterocycles. The highest BCUT2D eigenvalue weighted by Crippen LogP contribution is 2.08. The molecule has 0 spiro atoms. The molecule has 0 aliphatic rings. The van der Waals surface area contributed by atoms with Crippen molar-refractivity contribution < 1.29 is 4.79 Å². The van der Waals surface area contributed by atoms with Gasteiger partial charge in [0.25, 0.3) is 5.91 Å². The molecule has 1 aromatic rings. The lowest BCUT2D eigenvalue weighted by Gasteiger charge is -2.05. The van der Waals surface area contributed by atoms with Crippen LogP contribution in [0.1, 0.15) is 17.3 Å². The van der Waals surface area contributed by atoms with E-state index >= 15 is 0 Å². The zero-order valence-electron chi connectivity index (χ0n) is 9.40. The van der Waals surface area contributed by atoms with Crippen molar-refractivity contribution in [2.24, 2.45) is 0 Å². The number of nitrogens with zero attached hydrogens (tertiary/aromatic N) is 1. The van der Waals surface area contributed by atoms with Crippen molar-refractivity contribution in [1.29, 1.82) is 0 Å². The third-order valence-corrected chi connectivity index (χ3v) is 2.24. The van der Waals surface area contributed by atoms with E-state index in [9.17, 15) is 4.79 Å². The normalized spacial score (nSPS) is 8.82. The molecule has 7 heteroatoms. The van der Waals surface area contributed by atoms with Crippen molar-refractivity contribution in [3.8, 4) is 0 Å². The summed E-state index contributed by atoms with van der Waals surface area (Å²) in [5, 5.41) is 5.93. The van der Waals surface area contributed by atoms with Crippen LogP contribution < -0.4 is 10.6 Å². The molecule has 17 heavy (non-hydrogen) atoms. The van der Waals surface area contributed by atoms with E-state index in [1.54, 1.807) is 18.5 Å². The first kappa shape index (κ1) is 19.0. The zero-order valence-corrected chi connectivity index (χ0v) is 12.6. The Labute approximate surface area is 122 Å². The van der Waals surface area contributed by atoms with Gasteiger partial charge in [0, 0.05) is 30.0 Å². The maximum Gasteiger partial charge on any atom is 0.252 e. The summed E-state index contributed by atoms with van der Waals surface area (Å²) >= 11 is 3.27. The monoisotopic (exact) mass is 343 g/mol. The summed E-state index contributed by atoms with van der Waals surface area (Å²) in [5.74, 6) is -0.0956. The molecule has 1 amide bonds. The van der Waals surface area contributed by atoms with Crippen molar-refractivity contribution in [3.63, 3.8) is 0 Å². The van der Waals surface area contributed by atoms with Crippen LogP contribution in [0.3, 0.4) is 0 Å². The van der Waals surface area contributed by atoms with Crippen LogP contribution in [0, 0.1) is 0 Å². The Morgan fingerprint density at radius 3 is 2.65 bits per heavy atom. The molecule has 0 atom stereocenters. The van der Waals surface area contributed by atoms with Crippen LogP contribution in [0.2, 0.25) is 0 Å². The molecule has 0 unspecified atom stereocenters. The predicted molar refractivity (Wildman–Crippen MR) is 77.3 cm³/mol. The average molecular weight is 345 g/mol. The number of amides is 1.